The number of nitrogens with one attached hydrogen (secondary N) is 1. The van der Waals surface area contributed by atoms with Crippen molar-refractivity contribution >= 4 is 11.9 Å². The minimum atomic E-state index is -0.876. The number of amides is 1. The lowest BCUT2D eigenvalue weighted by molar-refractivity contribution is -0.763. The van der Waals surface area contributed by atoms with Crippen LogP contribution in [-0.2, 0) is 38.8 Å². The fourth-order valence-corrected chi connectivity index (χ4v) is 5.58. The lowest BCUT2D eigenvalue weighted by Gasteiger charge is -2.23. The van der Waals surface area contributed by atoms with E-state index in [2.05, 4.69) is 10.2 Å². The van der Waals surface area contributed by atoms with Crippen LogP contribution in [0.1, 0.15) is 68.1 Å². The molecular formula is C33H44N2O9. The van der Waals surface area contributed by atoms with E-state index in [4.69, 9.17) is 4.74 Å². The fraction of sp³-hybridized carbons (Fsp3) is 0.515. The highest BCUT2D eigenvalue weighted by molar-refractivity contribution is 5.81. The first-order chi connectivity index (χ1) is 21.2. The zero-order chi connectivity index (χ0) is 31.7. The summed E-state index contributed by atoms with van der Waals surface area (Å²) in [6.45, 7) is -0.496. The number of esters is 1. The number of allylic oxidation sites excluding steroid dienone is 2. The average molecular weight is 613 g/mol. The first-order valence-electron chi connectivity index (χ1n) is 15.2. The van der Waals surface area contributed by atoms with E-state index in [0.717, 1.165) is 6.42 Å². The van der Waals surface area contributed by atoms with Crippen molar-refractivity contribution in [1.29, 1.82) is 0 Å². The maximum absolute atomic E-state index is 12.1. The number of unbranched alkanes of at least 4 members (excludes halogenated alkanes) is 1. The van der Waals surface area contributed by atoms with Gasteiger partial charge in [0.1, 0.15) is 19.8 Å². The third-order valence-corrected chi connectivity index (χ3v) is 7.97. The second-order valence-electron chi connectivity index (χ2n) is 11.3. The summed E-state index contributed by atoms with van der Waals surface area (Å²) in [7, 11) is 0. The van der Waals surface area contributed by atoms with E-state index in [0.29, 0.717) is 56.1 Å². The Bertz CT molecular complexity index is 1210. The van der Waals surface area contributed by atoms with Gasteiger partial charge in [-0.25, -0.2) is 0 Å². The molecule has 1 aliphatic rings. The summed E-state index contributed by atoms with van der Waals surface area (Å²) < 4.78 is 5.16. The molecule has 3 rings (SSSR count). The van der Waals surface area contributed by atoms with Crippen LogP contribution in [0.2, 0.25) is 0 Å². The lowest BCUT2D eigenvalue weighted by atomic mass is 9.85. The molecule has 11 nitrogen and oxygen atoms in total. The van der Waals surface area contributed by atoms with Crippen LogP contribution in [0, 0.1) is 22.0 Å². The van der Waals surface area contributed by atoms with Gasteiger partial charge in [0.05, 0.1) is 18.3 Å². The van der Waals surface area contributed by atoms with Crippen LogP contribution in [0.4, 0.5) is 0 Å². The number of rotatable bonds is 19. The number of hydrogen-bond acceptors (Lipinski definition) is 9. The Hall–Kier alpha value is -3.80. The number of aliphatic hydroxyl groups excluding tert-OH is 3. The van der Waals surface area contributed by atoms with E-state index in [1.807, 2.05) is 42.5 Å². The Morgan fingerprint density at radius 1 is 0.977 bits per heavy atom. The van der Waals surface area contributed by atoms with Gasteiger partial charge >= 0.3 is 5.97 Å². The van der Waals surface area contributed by atoms with Crippen LogP contribution < -0.4 is 5.32 Å². The summed E-state index contributed by atoms with van der Waals surface area (Å²) in [6.07, 6.45) is 7.47. The molecule has 0 saturated heterocycles. The van der Waals surface area contributed by atoms with Crippen LogP contribution >= 0.6 is 0 Å². The zero-order valence-electron chi connectivity index (χ0n) is 25.0. The largest absolute Gasteiger partial charge is 0.460 e. The second-order valence-corrected chi connectivity index (χ2v) is 11.3. The lowest BCUT2D eigenvalue weighted by Crippen LogP contribution is -2.30. The predicted octanol–water partition coefficient (Wildman–Crippen LogP) is 3.80. The number of carbonyl (C=O) groups is 2. The molecule has 44 heavy (non-hydrogen) atoms. The first kappa shape index (κ1) is 34.7. The van der Waals surface area contributed by atoms with Crippen LogP contribution in [0.25, 0.3) is 0 Å². The minimum Gasteiger partial charge on any atom is -0.460 e. The zero-order valence-corrected chi connectivity index (χ0v) is 25.0. The summed E-state index contributed by atoms with van der Waals surface area (Å²) in [5, 5.41) is 43.5. The van der Waals surface area contributed by atoms with Crippen LogP contribution in [0.5, 0.6) is 0 Å². The number of hydrogen-bond donors (Lipinski definition) is 4. The summed E-state index contributed by atoms with van der Waals surface area (Å²) in [5.74, 6) is -1.01. The van der Waals surface area contributed by atoms with Gasteiger partial charge in [-0.15, -0.1) is 10.1 Å². The van der Waals surface area contributed by atoms with Gasteiger partial charge in [0.25, 0.3) is 5.09 Å². The second kappa shape index (κ2) is 18.8. The normalized spacial score (nSPS) is 20.3. The molecule has 11 heteroatoms. The van der Waals surface area contributed by atoms with Crippen molar-refractivity contribution in [2.45, 2.75) is 89.3 Å². The van der Waals surface area contributed by atoms with E-state index >= 15 is 0 Å². The van der Waals surface area contributed by atoms with Gasteiger partial charge in [0.2, 0.25) is 5.91 Å². The molecule has 1 amide bonds. The molecular weight excluding hydrogens is 568 g/mol. The summed E-state index contributed by atoms with van der Waals surface area (Å²) in [6, 6.07) is 16.7. The van der Waals surface area contributed by atoms with Crippen LogP contribution in [0.15, 0.2) is 66.7 Å². The summed E-state index contributed by atoms with van der Waals surface area (Å²) in [5.41, 5.74) is 2.40. The van der Waals surface area contributed by atoms with E-state index < -0.39 is 29.4 Å². The number of nitrogens with zero attached hydrogens (tertiary/aromatic N) is 1. The first-order valence-corrected chi connectivity index (χ1v) is 15.2. The SMILES string of the molecule is O=C(CCCC=CC[C@@H]1[C@@H](CC[C@@H](O)CCc2ccccc2)[C@H](O)C[C@@H]1O)NCC(=O)OCc1cccc(CO[N+](=O)[O-])c1. The van der Waals surface area contributed by atoms with Crippen molar-refractivity contribution in [1.82, 2.24) is 5.32 Å². The highest BCUT2D eigenvalue weighted by Gasteiger charge is 2.40. The molecule has 1 fully saturated rings. The smallest absolute Gasteiger partial charge is 0.325 e. The standard InChI is InChI=1S/C33H44N2O9/c36-27(16-15-24-9-4-3-5-10-24)17-18-29-28(30(37)20-31(29)38)13-6-1-2-7-14-32(39)34-21-33(40)43-22-25-11-8-12-26(19-25)23-44-35(41)42/h1,3-6,8-12,19,27-31,36-38H,2,7,13-18,20-23H2,(H,34,39)/t27-,28+,29+,30-,31+/m0/s1. The van der Waals surface area contributed by atoms with Gasteiger partial charge in [-0.3, -0.25) is 9.59 Å². The van der Waals surface area contributed by atoms with Gasteiger partial charge in [-0.05, 0) is 79.9 Å². The Labute approximate surface area is 258 Å². The third kappa shape index (κ3) is 12.8. The van der Waals surface area contributed by atoms with Gasteiger partial charge < -0.3 is 30.2 Å². The molecule has 0 unspecified atom stereocenters. The number of aliphatic hydroxyl groups is 3. The highest BCUT2D eigenvalue weighted by Crippen LogP contribution is 2.38. The molecule has 0 aromatic heterocycles. The molecule has 4 N–H and O–H groups in total. The highest BCUT2D eigenvalue weighted by atomic mass is 16.9. The Kier molecular flexibility index (Phi) is 14.8. The maximum atomic E-state index is 12.1. The maximum Gasteiger partial charge on any atom is 0.325 e. The van der Waals surface area contributed by atoms with Crippen molar-refractivity contribution in [2.24, 2.45) is 11.8 Å². The number of carbonyl (C=O) groups excluding carboxylic acids is 2. The van der Waals surface area contributed by atoms with Gasteiger partial charge in [0.15, 0.2) is 0 Å². The molecule has 0 radical (unpaired) electrons. The average Bonchev–Trinajstić information content (AvgIpc) is 3.29. The monoisotopic (exact) mass is 612 g/mol. The number of aryl methyl sites for hydroxylation is 1. The molecule has 2 aromatic rings. The number of ether oxygens (including phenoxy) is 1. The van der Waals surface area contributed by atoms with Crippen molar-refractivity contribution in [2.75, 3.05) is 6.54 Å². The van der Waals surface area contributed by atoms with Crippen molar-refractivity contribution < 1.29 is 39.6 Å². The molecule has 0 heterocycles. The summed E-state index contributed by atoms with van der Waals surface area (Å²) in [4.78, 5) is 38.8. The van der Waals surface area contributed by atoms with E-state index in [1.54, 1.807) is 24.3 Å². The third-order valence-electron chi connectivity index (χ3n) is 7.97. The van der Waals surface area contributed by atoms with Crippen LogP contribution in [0.3, 0.4) is 0 Å². The van der Waals surface area contributed by atoms with Crippen LogP contribution in [-0.4, -0.2) is 57.1 Å². The number of benzene rings is 2. The minimum absolute atomic E-state index is 0.0335. The van der Waals surface area contributed by atoms with Crippen molar-refractivity contribution in [3.05, 3.63) is 93.6 Å². The van der Waals surface area contributed by atoms with Crippen molar-refractivity contribution in [3.8, 4) is 0 Å². The molecule has 0 aliphatic heterocycles. The topological polar surface area (TPSA) is 168 Å². The van der Waals surface area contributed by atoms with E-state index in [9.17, 15) is 35.0 Å². The molecule has 240 valence electrons. The fourth-order valence-electron chi connectivity index (χ4n) is 5.58. The van der Waals surface area contributed by atoms with Gasteiger partial charge in [-0.2, -0.15) is 0 Å². The Morgan fingerprint density at radius 2 is 1.68 bits per heavy atom. The van der Waals surface area contributed by atoms with Crippen molar-refractivity contribution in [3.63, 3.8) is 0 Å². The molecule has 2 aromatic carbocycles. The molecule has 1 aliphatic carbocycles. The van der Waals surface area contributed by atoms with E-state index in [-0.39, 0.29) is 43.9 Å². The molecule has 1 saturated carbocycles. The van der Waals surface area contributed by atoms with Gasteiger partial charge in [-0.1, -0.05) is 66.7 Å². The molecule has 5 atom stereocenters. The van der Waals surface area contributed by atoms with E-state index in [1.165, 1.54) is 5.56 Å². The predicted molar refractivity (Wildman–Crippen MR) is 162 cm³/mol. The Morgan fingerprint density at radius 3 is 2.43 bits per heavy atom. The molecule has 0 bridgehead atoms. The Balaban J connectivity index is 1.27. The summed E-state index contributed by atoms with van der Waals surface area (Å²) >= 11 is 0. The molecule has 0 spiro atoms. The van der Waals surface area contributed by atoms with Gasteiger partial charge in [0, 0.05) is 6.42 Å². The quantitative estimate of drug-likeness (QED) is 0.0606.